The lowest BCUT2D eigenvalue weighted by Gasteiger charge is -2.23. The summed E-state index contributed by atoms with van der Waals surface area (Å²) in [5, 5.41) is 14.3. The van der Waals surface area contributed by atoms with Crippen LogP contribution in [0.4, 0.5) is 0 Å². The predicted octanol–water partition coefficient (Wildman–Crippen LogP) is 3.49. The van der Waals surface area contributed by atoms with E-state index in [1.165, 1.54) is 0 Å². The van der Waals surface area contributed by atoms with Crippen molar-refractivity contribution in [3.63, 3.8) is 0 Å². The van der Waals surface area contributed by atoms with Crippen LogP contribution in [0.25, 0.3) is 0 Å². The molecule has 0 fully saturated rings. The van der Waals surface area contributed by atoms with Gasteiger partial charge in [0, 0.05) is 6.42 Å². The quantitative estimate of drug-likeness (QED) is 0.557. The normalized spacial score (nSPS) is 11.4. The lowest BCUT2D eigenvalue weighted by molar-refractivity contribution is -0.129. The third-order valence-corrected chi connectivity index (χ3v) is 5.02. The van der Waals surface area contributed by atoms with Crippen LogP contribution in [0.15, 0.2) is 84.9 Å². The largest absolute Gasteiger partial charge is 0.343 e. The molecule has 0 aromatic heterocycles. The zero-order chi connectivity index (χ0) is 22.1. The van der Waals surface area contributed by atoms with Crippen LogP contribution in [-0.2, 0) is 16.0 Å². The molecule has 0 aliphatic carbocycles. The summed E-state index contributed by atoms with van der Waals surface area (Å²) in [6.45, 7) is 1.87. The van der Waals surface area contributed by atoms with Crippen LogP contribution in [-0.4, -0.2) is 24.4 Å². The Kier molecular flexibility index (Phi) is 7.56. The molecule has 1 atom stereocenters. The molecule has 0 saturated heterocycles. The SMILES string of the molecule is Cc1cccc(C[C@@H](NC(=O)C(c2ccccc2)c2ccccc2)C(=O)NCC#N)c1. The highest BCUT2D eigenvalue weighted by molar-refractivity contribution is 5.92. The Balaban J connectivity index is 1.89. The van der Waals surface area contributed by atoms with Crippen LogP contribution in [0.5, 0.6) is 0 Å². The molecule has 0 saturated carbocycles. The van der Waals surface area contributed by atoms with Crippen molar-refractivity contribution in [3.05, 3.63) is 107 Å². The van der Waals surface area contributed by atoms with Gasteiger partial charge in [-0.1, -0.05) is 90.5 Å². The number of nitriles is 1. The minimum absolute atomic E-state index is 0.111. The van der Waals surface area contributed by atoms with Crippen molar-refractivity contribution in [2.45, 2.75) is 25.3 Å². The maximum atomic E-state index is 13.4. The Morgan fingerprint density at radius 3 is 2.03 bits per heavy atom. The highest BCUT2D eigenvalue weighted by atomic mass is 16.2. The van der Waals surface area contributed by atoms with Crippen molar-refractivity contribution in [3.8, 4) is 6.07 Å². The van der Waals surface area contributed by atoms with Gasteiger partial charge in [-0.15, -0.1) is 0 Å². The van der Waals surface area contributed by atoms with Gasteiger partial charge in [0.1, 0.15) is 12.6 Å². The fourth-order valence-electron chi connectivity index (χ4n) is 3.58. The van der Waals surface area contributed by atoms with Crippen LogP contribution in [0.1, 0.15) is 28.2 Å². The number of rotatable bonds is 8. The summed E-state index contributed by atoms with van der Waals surface area (Å²) in [5.74, 6) is -1.19. The third kappa shape index (κ3) is 6.03. The van der Waals surface area contributed by atoms with E-state index in [4.69, 9.17) is 5.26 Å². The fraction of sp³-hybridized carbons (Fsp3) is 0.192. The number of hydrogen-bond donors (Lipinski definition) is 2. The van der Waals surface area contributed by atoms with E-state index in [0.717, 1.165) is 22.3 Å². The van der Waals surface area contributed by atoms with Crippen molar-refractivity contribution in [2.24, 2.45) is 0 Å². The average molecular weight is 412 g/mol. The molecule has 0 heterocycles. The summed E-state index contributed by atoms with van der Waals surface area (Å²) in [6, 6.07) is 27.9. The Hall–Kier alpha value is -3.91. The lowest BCUT2D eigenvalue weighted by Crippen LogP contribution is -2.49. The minimum Gasteiger partial charge on any atom is -0.343 e. The number of carbonyl (C=O) groups excluding carboxylic acids is 2. The second-order valence-electron chi connectivity index (χ2n) is 7.38. The van der Waals surface area contributed by atoms with Crippen LogP contribution in [0, 0.1) is 18.3 Å². The summed E-state index contributed by atoms with van der Waals surface area (Å²) >= 11 is 0. The molecule has 2 amide bonds. The standard InChI is InChI=1S/C26H25N3O2/c1-19-9-8-10-20(17-19)18-23(25(30)28-16-15-27)29-26(31)24(21-11-4-2-5-12-21)22-13-6-3-7-14-22/h2-14,17,23-24H,16,18H2,1H3,(H,28,30)(H,29,31)/t23-/m1/s1. The first-order chi connectivity index (χ1) is 15.1. The summed E-state index contributed by atoms with van der Waals surface area (Å²) in [5.41, 5.74) is 3.70. The fourth-order valence-corrected chi connectivity index (χ4v) is 3.58. The Labute approximate surface area is 182 Å². The molecule has 0 spiro atoms. The second-order valence-corrected chi connectivity index (χ2v) is 7.38. The molecule has 0 unspecified atom stereocenters. The number of amides is 2. The molecule has 0 bridgehead atoms. The number of hydrogen-bond acceptors (Lipinski definition) is 3. The second kappa shape index (κ2) is 10.7. The van der Waals surface area contributed by atoms with E-state index in [1.54, 1.807) is 0 Å². The van der Waals surface area contributed by atoms with Gasteiger partial charge in [-0.25, -0.2) is 0 Å². The molecular formula is C26H25N3O2. The molecule has 2 N–H and O–H groups in total. The van der Waals surface area contributed by atoms with Gasteiger partial charge in [0.15, 0.2) is 0 Å². The minimum atomic E-state index is -0.794. The van der Waals surface area contributed by atoms with Gasteiger partial charge in [0.05, 0.1) is 12.0 Å². The molecular weight excluding hydrogens is 386 g/mol. The van der Waals surface area contributed by atoms with Crippen LogP contribution >= 0.6 is 0 Å². The number of aryl methyl sites for hydroxylation is 1. The topological polar surface area (TPSA) is 82.0 Å². The molecule has 156 valence electrons. The Morgan fingerprint density at radius 1 is 0.871 bits per heavy atom. The summed E-state index contributed by atoms with van der Waals surface area (Å²) in [6.07, 6.45) is 0.334. The van der Waals surface area contributed by atoms with Crippen LogP contribution < -0.4 is 10.6 Å². The van der Waals surface area contributed by atoms with Gasteiger partial charge in [-0.3, -0.25) is 9.59 Å². The van der Waals surface area contributed by atoms with E-state index >= 15 is 0 Å². The average Bonchev–Trinajstić information content (AvgIpc) is 2.78. The molecule has 5 nitrogen and oxygen atoms in total. The van der Waals surface area contributed by atoms with E-state index in [0.29, 0.717) is 6.42 Å². The lowest BCUT2D eigenvalue weighted by atomic mass is 9.90. The summed E-state index contributed by atoms with van der Waals surface area (Å²) in [4.78, 5) is 26.2. The third-order valence-electron chi connectivity index (χ3n) is 5.02. The monoisotopic (exact) mass is 411 g/mol. The maximum Gasteiger partial charge on any atom is 0.243 e. The van der Waals surface area contributed by atoms with E-state index in [9.17, 15) is 9.59 Å². The van der Waals surface area contributed by atoms with Gasteiger partial charge < -0.3 is 10.6 Å². The first-order valence-corrected chi connectivity index (χ1v) is 10.2. The summed E-state index contributed by atoms with van der Waals surface area (Å²) in [7, 11) is 0. The van der Waals surface area contributed by atoms with Gasteiger partial charge in [-0.05, 0) is 23.6 Å². The van der Waals surface area contributed by atoms with Gasteiger partial charge in [-0.2, -0.15) is 5.26 Å². The van der Waals surface area contributed by atoms with Crippen LogP contribution in [0.3, 0.4) is 0 Å². The van der Waals surface area contributed by atoms with Crippen molar-refractivity contribution in [1.29, 1.82) is 5.26 Å². The molecule has 3 aromatic carbocycles. The first kappa shape index (κ1) is 21.8. The van der Waals surface area contributed by atoms with Crippen molar-refractivity contribution in [1.82, 2.24) is 10.6 Å². The summed E-state index contributed by atoms with van der Waals surface area (Å²) < 4.78 is 0. The highest BCUT2D eigenvalue weighted by Crippen LogP contribution is 2.25. The highest BCUT2D eigenvalue weighted by Gasteiger charge is 2.28. The molecule has 0 radical (unpaired) electrons. The zero-order valence-corrected chi connectivity index (χ0v) is 17.4. The van der Waals surface area contributed by atoms with Gasteiger partial charge in [0.2, 0.25) is 11.8 Å². The van der Waals surface area contributed by atoms with E-state index < -0.39 is 12.0 Å². The first-order valence-electron chi connectivity index (χ1n) is 10.2. The maximum absolute atomic E-state index is 13.4. The number of benzene rings is 3. The van der Waals surface area contributed by atoms with Gasteiger partial charge >= 0.3 is 0 Å². The molecule has 3 rings (SSSR count). The predicted molar refractivity (Wildman–Crippen MR) is 120 cm³/mol. The smallest absolute Gasteiger partial charge is 0.243 e. The van der Waals surface area contributed by atoms with Crippen molar-refractivity contribution < 1.29 is 9.59 Å². The molecule has 3 aromatic rings. The Bertz CT molecular complexity index is 1020. The molecule has 0 aliphatic rings. The van der Waals surface area contributed by atoms with Gasteiger partial charge in [0.25, 0.3) is 0 Å². The van der Waals surface area contributed by atoms with Crippen molar-refractivity contribution in [2.75, 3.05) is 6.54 Å². The Morgan fingerprint density at radius 2 is 1.48 bits per heavy atom. The van der Waals surface area contributed by atoms with Crippen LogP contribution in [0.2, 0.25) is 0 Å². The van der Waals surface area contributed by atoms with E-state index in [-0.39, 0.29) is 18.4 Å². The number of nitrogens with zero attached hydrogens (tertiary/aromatic N) is 1. The number of carbonyl (C=O) groups is 2. The van der Waals surface area contributed by atoms with E-state index in [2.05, 4.69) is 10.6 Å². The zero-order valence-electron chi connectivity index (χ0n) is 17.4. The van der Waals surface area contributed by atoms with Crippen molar-refractivity contribution >= 4 is 11.8 Å². The number of nitrogens with one attached hydrogen (secondary N) is 2. The molecule has 31 heavy (non-hydrogen) atoms. The van der Waals surface area contributed by atoms with E-state index in [1.807, 2.05) is 97.9 Å². The molecule has 5 heteroatoms. The molecule has 0 aliphatic heterocycles.